The Morgan fingerprint density at radius 2 is 2.05 bits per heavy atom. The van der Waals surface area contributed by atoms with Gasteiger partial charge in [0.15, 0.2) is 0 Å². The van der Waals surface area contributed by atoms with Crippen molar-refractivity contribution in [1.29, 1.82) is 0 Å². The molecule has 0 bridgehead atoms. The van der Waals surface area contributed by atoms with Crippen LogP contribution in [0.25, 0.3) is 0 Å². The Kier molecular flexibility index (Phi) is 4.46. The first-order valence-corrected chi connectivity index (χ1v) is 7.43. The fourth-order valence-corrected chi connectivity index (χ4v) is 2.40. The van der Waals surface area contributed by atoms with Crippen LogP contribution in [0.2, 0.25) is 0 Å². The number of rotatable bonds is 6. The highest BCUT2D eigenvalue weighted by Crippen LogP contribution is 2.30. The summed E-state index contributed by atoms with van der Waals surface area (Å²) in [6.45, 7) is 10.8. The van der Waals surface area contributed by atoms with E-state index in [1.54, 1.807) is 0 Å². The maximum absolute atomic E-state index is 6.11. The zero-order valence-corrected chi connectivity index (χ0v) is 12.7. The molecule has 0 amide bonds. The Balaban J connectivity index is 2.06. The van der Waals surface area contributed by atoms with Gasteiger partial charge in [0.2, 0.25) is 0 Å². The number of pyridine rings is 1. The molecule has 1 aliphatic rings. The standard InChI is InChI=1S/C16H27N3/c1-11(2)7-8-19(14-5-6-14)10-15-13(4)16(17)12(3)9-18-15/h9,11,14H,5-8,10H2,1-4H3,(H2,17,18). The Labute approximate surface area is 117 Å². The van der Waals surface area contributed by atoms with Crippen LogP contribution in [0.15, 0.2) is 6.20 Å². The molecule has 1 saturated carbocycles. The van der Waals surface area contributed by atoms with E-state index < -0.39 is 0 Å². The van der Waals surface area contributed by atoms with Gasteiger partial charge in [0.05, 0.1) is 5.69 Å². The van der Waals surface area contributed by atoms with E-state index in [1.165, 1.54) is 25.8 Å². The van der Waals surface area contributed by atoms with Crippen LogP contribution in [0, 0.1) is 19.8 Å². The highest BCUT2D eigenvalue weighted by atomic mass is 15.2. The number of aryl methyl sites for hydroxylation is 1. The Morgan fingerprint density at radius 1 is 1.37 bits per heavy atom. The van der Waals surface area contributed by atoms with Crippen molar-refractivity contribution in [3.05, 3.63) is 23.0 Å². The molecular formula is C16H27N3. The van der Waals surface area contributed by atoms with Crippen LogP contribution < -0.4 is 5.73 Å². The zero-order chi connectivity index (χ0) is 14.0. The van der Waals surface area contributed by atoms with Crippen molar-refractivity contribution in [2.24, 2.45) is 5.92 Å². The van der Waals surface area contributed by atoms with Gasteiger partial charge < -0.3 is 5.73 Å². The quantitative estimate of drug-likeness (QED) is 0.854. The van der Waals surface area contributed by atoms with E-state index in [2.05, 4.69) is 30.7 Å². The highest BCUT2D eigenvalue weighted by molar-refractivity contribution is 5.53. The Bertz CT molecular complexity index is 436. The predicted octanol–water partition coefficient (Wildman–Crippen LogP) is 3.29. The van der Waals surface area contributed by atoms with Crippen molar-refractivity contribution in [2.45, 2.75) is 59.5 Å². The summed E-state index contributed by atoms with van der Waals surface area (Å²) in [5.41, 5.74) is 10.4. The molecule has 0 spiro atoms. The number of hydrogen-bond acceptors (Lipinski definition) is 3. The first-order valence-electron chi connectivity index (χ1n) is 7.43. The molecule has 1 aromatic heterocycles. The number of nitrogens with two attached hydrogens (primary N) is 1. The predicted molar refractivity (Wildman–Crippen MR) is 81.0 cm³/mol. The molecule has 106 valence electrons. The third-order valence-electron chi connectivity index (χ3n) is 4.09. The van der Waals surface area contributed by atoms with E-state index >= 15 is 0 Å². The molecule has 1 heterocycles. The summed E-state index contributed by atoms with van der Waals surface area (Å²) in [7, 11) is 0. The number of anilines is 1. The molecule has 0 atom stereocenters. The second-order valence-corrected chi connectivity index (χ2v) is 6.31. The maximum Gasteiger partial charge on any atom is 0.0593 e. The van der Waals surface area contributed by atoms with Gasteiger partial charge in [-0.05, 0) is 56.7 Å². The molecule has 2 N–H and O–H groups in total. The van der Waals surface area contributed by atoms with E-state index in [1.807, 2.05) is 13.1 Å². The molecule has 3 nitrogen and oxygen atoms in total. The number of nitrogen functional groups attached to an aromatic ring is 1. The van der Waals surface area contributed by atoms with Crippen molar-refractivity contribution >= 4 is 5.69 Å². The van der Waals surface area contributed by atoms with E-state index in [9.17, 15) is 0 Å². The van der Waals surface area contributed by atoms with Crippen LogP contribution in [0.1, 0.15) is 49.9 Å². The van der Waals surface area contributed by atoms with Crippen LogP contribution in [-0.4, -0.2) is 22.5 Å². The zero-order valence-electron chi connectivity index (χ0n) is 12.7. The lowest BCUT2D eigenvalue weighted by Gasteiger charge is -2.23. The molecule has 19 heavy (non-hydrogen) atoms. The third kappa shape index (κ3) is 3.69. The summed E-state index contributed by atoms with van der Waals surface area (Å²) < 4.78 is 0. The minimum atomic E-state index is 0.762. The highest BCUT2D eigenvalue weighted by Gasteiger charge is 2.29. The van der Waals surface area contributed by atoms with Gasteiger partial charge in [0.25, 0.3) is 0 Å². The van der Waals surface area contributed by atoms with Gasteiger partial charge in [-0.15, -0.1) is 0 Å². The summed E-state index contributed by atoms with van der Waals surface area (Å²) in [5.74, 6) is 0.762. The van der Waals surface area contributed by atoms with Gasteiger partial charge >= 0.3 is 0 Å². The SMILES string of the molecule is Cc1cnc(CN(CCC(C)C)C2CC2)c(C)c1N. The smallest absolute Gasteiger partial charge is 0.0593 e. The van der Waals surface area contributed by atoms with Crippen molar-refractivity contribution in [3.63, 3.8) is 0 Å². The van der Waals surface area contributed by atoms with Gasteiger partial charge in [-0.1, -0.05) is 13.8 Å². The summed E-state index contributed by atoms with van der Waals surface area (Å²) in [6.07, 6.45) is 5.86. The maximum atomic E-state index is 6.11. The summed E-state index contributed by atoms with van der Waals surface area (Å²) >= 11 is 0. The Morgan fingerprint density at radius 3 is 2.63 bits per heavy atom. The van der Waals surface area contributed by atoms with Crippen LogP contribution in [0.4, 0.5) is 5.69 Å². The molecule has 0 aliphatic heterocycles. The van der Waals surface area contributed by atoms with Gasteiger partial charge in [-0.25, -0.2) is 0 Å². The average Bonchev–Trinajstić information content (AvgIpc) is 3.18. The largest absolute Gasteiger partial charge is 0.398 e. The number of nitrogens with zero attached hydrogens (tertiary/aromatic N) is 2. The first kappa shape index (κ1) is 14.3. The monoisotopic (exact) mass is 261 g/mol. The molecule has 0 radical (unpaired) electrons. The van der Waals surface area contributed by atoms with E-state index in [0.29, 0.717) is 0 Å². The van der Waals surface area contributed by atoms with Crippen LogP contribution in [0.5, 0.6) is 0 Å². The second kappa shape index (κ2) is 5.91. The van der Waals surface area contributed by atoms with Gasteiger partial charge in [0, 0.05) is 24.5 Å². The lowest BCUT2D eigenvalue weighted by molar-refractivity contribution is 0.236. The van der Waals surface area contributed by atoms with Crippen LogP contribution in [-0.2, 0) is 6.54 Å². The Hall–Kier alpha value is -1.09. The van der Waals surface area contributed by atoms with Crippen LogP contribution in [0.3, 0.4) is 0 Å². The lowest BCUT2D eigenvalue weighted by atomic mass is 10.1. The van der Waals surface area contributed by atoms with Crippen molar-refractivity contribution < 1.29 is 0 Å². The minimum Gasteiger partial charge on any atom is -0.398 e. The molecule has 1 aromatic rings. The third-order valence-corrected chi connectivity index (χ3v) is 4.09. The minimum absolute atomic E-state index is 0.762. The molecule has 0 saturated heterocycles. The number of hydrogen-bond donors (Lipinski definition) is 1. The first-order chi connectivity index (χ1) is 8.99. The van der Waals surface area contributed by atoms with Gasteiger partial charge in [-0.2, -0.15) is 0 Å². The lowest BCUT2D eigenvalue weighted by Crippen LogP contribution is -2.28. The van der Waals surface area contributed by atoms with Crippen LogP contribution >= 0.6 is 0 Å². The number of aromatic nitrogens is 1. The van der Waals surface area contributed by atoms with Crippen molar-refractivity contribution in [1.82, 2.24) is 9.88 Å². The molecule has 1 aliphatic carbocycles. The molecule has 0 aromatic carbocycles. The van der Waals surface area contributed by atoms with Crippen molar-refractivity contribution in [3.8, 4) is 0 Å². The van der Waals surface area contributed by atoms with Gasteiger partial charge in [-0.3, -0.25) is 9.88 Å². The summed E-state index contributed by atoms with van der Waals surface area (Å²) in [4.78, 5) is 7.18. The topological polar surface area (TPSA) is 42.2 Å². The summed E-state index contributed by atoms with van der Waals surface area (Å²) in [6, 6.07) is 0.780. The normalized spacial score (nSPS) is 15.5. The van der Waals surface area contributed by atoms with E-state index in [-0.39, 0.29) is 0 Å². The summed E-state index contributed by atoms with van der Waals surface area (Å²) in [5, 5.41) is 0. The van der Waals surface area contributed by atoms with Gasteiger partial charge in [0.1, 0.15) is 0 Å². The molecule has 1 fully saturated rings. The van der Waals surface area contributed by atoms with E-state index in [0.717, 1.165) is 41.0 Å². The molecule has 3 heteroatoms. The average molecular weight is 261 g/mol. The molecule has 0 unspecified atom stereocenters. The molecule has 2 rings (SSSR count). The van der Waals surface area contributed by atoms with Crippen molar-refractivity contribution in [2.75, 3.05) is 12.3 Å². The fourth-order valence-electron chi connectivity index (χ4n) is 2.40. The fraction of sp³-hybridized carbons (Fsp3) is 0.688. The molecular weight excluding hydrogens is 234 g/mol. The second-order valence-electron chi connectivity index (χ2n) is 6.31. The van der Waals surface area contributed by atoms with E-state index in [4.69, 9.17) is 5.73 Å².